The number of nitrogens with zero attached hydrogens (tertiary/aromatic N) is 2. The molecular weight excluding hydrogens is 502 g/mol. The number of carbonyl (C=O) groups is 1. The fourth-order valence-corrected chi connectivity index (χ4v) is 4.92. The van der Waals surface area contributed by atoms with E-state index in [0.717, 1.165) is 17.7 Å². The van der Waals surface area contributed by atoms with Crippen molar-refractivity contribution in [1.29, 1.82) is 0 Å². The molecule has 0 fully saturated rings. The van der Waals surface area contributed by atoms with Gasteiger partial charge in [-0.05, 0) is 42.3 Å². The summed E-state index contributed by atoms with van der Waals surface area (Å²) in [6.07, 6.45) is -3.06. The molecule has 1 amide bonds. The zero-order valence-corrected chi connectivity index (χ0v) is 18.9. The van der Waals surface area contributed by atoms with Crippen LogP contribution in [0.25, 0.3) is 0 Å². The second-order valence-corrected chi connectivity index (χ2v) is 9.66. The summed E-state index contributed by atoms with van der Waals surface area (Å²) in [6, 6.07) is 10.6. The molecule has 2 aromatic carbocycles. The number of halogens is 5. The molecule has 4 rings (SSSR count). The summed E-state index contributed by atoms with van der Waals surface area (Å²) in [7, 11) is -4.55. The van der Waals surface area contributed by atoms with Gasteiger partial charge in [-0.15, -0.1) is 0 Å². The second kappa shape index (κ2) is 8.51. The van der Waals surface area contributed by atoms with E-state index in [1.165, 1.54) is 17.2 Å². The van der Waals surface area contributed by atoms with Crippen LogP contribution in [-0.2, 0) is 22.6 Å². The Hall–Kier alpha value is -2.82. The van der Waals surface area contributed by atoms with Crippen molar-refractivity contribution >= 4 is 50.5 Å². The van der Waals surface area contributed by atoms with Gasteiger partial charge in [-0.3, -0.25) is 9.52 Å². The Morgan fingerprint density at radius 1 is 1.09 bits per heavy atom. The molecule has 172 valence electrons. The minimum absolute atomic E-state index is 0.0261. The van der Waals surface area contributed by atoms with Crippen LogP contribution in [0.2, 0.25) is 10.0 Å². The van der Waals surface area contributed by atoms with E-state index in [0.29, 0.717) is 24.7 Å². The van der Waals surface area contributed by atoms with Crippen LogP contribution in [0.4, 0.5) is 24.5 Å². The summed E-state index contributed by atoms with van der Waals surface area (Å²) in [5.41, 5.74) is -0.199. The maximum Gasteiger partial charge on any atom is 0.417 e. The van der Waals surface area contributed by atoms with Crippen LogP contribution in [0.1, 0.15) is 21.6 Å². The van der Waals surface area contributed by atoms with Crippen molar-refractivity contribution in [2.45, 2.75) is 17.5 Å². The number of fused-ring (bicyclic) bond motifs is 1. The van der Waals surface area contributed by atoms with Crippen LogP contribution in [0, 0.1) is 0 Å². The lowest BCUT2D eigenvalue weighted by atomic mass is 10.2. The van der Waals surface area contributed by atoms with Crippen molar-refractivity contribution in [1.82, 2.24) is 4.98 Å². The monoisotopic (exact) mass is 515 g/mol. The predicted molar refractivity (Wildman–Crippen MR) is 118 cm³/mol. The number of alkyl halides is 3. The van der Waals surface area contributed by atoms with Gasteiger partial charge in [0, 0.05) is 18.4 Å². The van der Waals surface area contributed by atoms with E-state index in [4.69, 9.17) is 23.2 Å². The van der Waals surface area contributed by atoms with Gasteiger partial charge in [0.05, 0.1) is 26.2 Å². The molecule has 2 heterocycles. The lowest BCUT2D eigenvalue weighted by molar-refractivity contribution is -0.137. The first-order valence-corrected chi connectivity index (χ1v) is 11.7. The van der Waals surface area contributed by atoms with E-state index in [1.54, 1.807) is 12.1 Å². The number of benzene rings is 2. The quantitative estimate of drug-likeness (QED) is 0.503. The van der Waals surface area contributed by atoms with Crippen molar-refractivity contribution in [3.05, 3.63) is 81.6 Å². The maximum absolute atomic E-state index is 13.2. The Balaban J connectivity index is 1.71. The summed E-state index contributed by atoms with van der Waals surface area (Å²) in [5, 5.41) is -0.618. The first-order chi connectivity index (χ1) is 15.5. The molecule has 0 bridgehead atoms. The molecule has 0 radical (unpaired) electrons. The molecule has 1 aliphatic heterocycles. The van der Waals surface area contributed by atoms with E-state index < -0.39 is 37.6 Å². The number of rotatable bonds is 4. The van der Waals surface area contributed by atoms with Crippen LogP contribution in [0.15, 0.2) is 59.6 Å². The van der Waals surface area contributed by atoms with Gasteiger partial charge in [0.2, 0.25) is 0 Å². The van der Waals surface area contributed by atoms with Crippen LogP contribution >= 0.6 is 23.2 Å². The number of hydrogen-bond donors (Lipinski definition) is 1. The molecule has 0 spiro atoms. The van der Waals surface area contributed by atoms with E-state index in [1.807, 2.05) is 12.1 Å². The first-order valence-electron chi connectivity index (χ1n) is 9.42. The minimum atomic E-state index is -4.86. The van der Waals surface area contributed by atoms with Gasteiger partial charge in [-0.2, -0.15) is 13.2 Å². The molecule has 0 unspecified atom stereocenters. The number of pyridine rings is 1. The molecule has 1 N–H and O–H groups in total. The zero-order chi connectivity index (χ0) is 24.0. The third-order valence-corrected chi connectivity index (χ3v) is 6.89. The van der Waals surface area contributed by atoms with Crippen molar-refractivity contribution < 1.29 is 26.4 Å². The number of anilines is 2. The Morgan fingerprint density at radius 3 is 2.55 bits per heavy atom. The van der Waals surface area contributed by atoms with Gasteiger partial charge in [-0.1, -0.05) is 41.4 Å². The van der Waals surface area contributed by atoms with Gasteiger partial charge in [0.15, 0.2) is 5.69 Å². The van der Waals surface area contributed by atoms with Gasteiger partial charge >= 0.3 is 6.18 Å². The molecule has 0 saturated heterocycles. The summed E-state index contributed by atoms with van der Waals surface area (Å²) in [6.45, 7) is 0.362. The highest BCUT2D eigenvalue weighted by atomic mass is 35.5. The van der Waals surface area contributed by atoms with Crippen LogP contribution < -0.4 is 9.62 Å². The molecule has 0 saturated carbocycles. The number of para-hydroxylation sites is 1. The largest absolute Gasteiger partial charge is 0.417 e. The van der Waals surface area contributed by atoms with E-state index in [2.05, 4.69) is 9.71 Å². The number of nitrogens with one attached hydrogen (secondary N) is 1. The summed E-state index contributed by atoms with van der Waals surface area (Å²) >= 11 is 11.5. The Morgan fingerprint density at radius 2 is 1.82 bits per heavy atom. The maximum atomic E-state index is 13.2. The number of carbonyl (C=O) groups excluding carboxylic acids is 1. The van der Waals surface area contributed by atoms with Gasteiger partial charge < -0.3 is 4.90 Å². The van der Waals surface area contributed by atoms with E-state index >= 15 is 0 Å². The highest BCUT2D eigenvalue weighted by molar-refractivity contribution is 7.92. The smallest absolute Gasteiger partial charge is 0.306 e. The fourth-order valence-electron chi connectivity index (χ4n) is 3.46. The molecule has 33 heavy (non-hydrogen) atoms. The molecule has 6 nitrogen and oxygen atoms in total. The minimum Gasteiger partial charge on any atom is -0.306 e. The highest BCUT2D eigenvalue weighted by Gasteiger charge is 2.35. The Bertz CT molecular complexity index is 1360. The third kappa shape index (κ3) is 4.64. The molecule has 0 aliphatic carbocycles. The predicted octanol–water partition coefficient (Wildman–Crippen LogP) is 5.41. The third-order valence-electron chi connectivity index (χ3n) is 4.99. The molecule has 1 aliphatic rings. The molecule has 1 aromatic heterocycles. The van der Waals surface area contributed by atoms with Crippen molar-refractivity contribution in [3.63, 3.8) is 0 Å². The molecule has 0 atom stereocenters. The molecule has 3 aromatic rings. The Kier molecular flexibility index (Phi) is 6.02. The lowest BCUT2D eigenvalue weighted by Crippen LogP contribution is -2.31. The standard InChI is InChI=1S/C21H14Cl2F3N3O3S/c22-13-9-17(28-33(31,32)14-5-6-16(23)15(10-14)21(24,25)26)19(27-11-13)20(30)29-8-7-12-3-1-2-4-18(12)29/h1-6,9-11,28H,7-8H2. The van der Waals surface area contributed by atoms with E-state index in [9.17, 15) is 26.4 Å². The highest BCUT2D eigenvalue weighted by Crippen LogP contribution is 2.36. The number of sulfonamides is 1. The first kappa shape index (κ1) is 23.3. The van der Waals surface area contributed by atoms with Gasteiger partial charge in [-0.25, -0.2) is 13.4 Å². The topological polar surface area (TPSA) is 79.4 Å². The van der Waals surface area contributed by atoms with Crippen molar-refractivity contribution in [2.75, 3.05) is 16.2 Å². The SMILES string of the molecule is O=C(c1ncc(Cl)cc1NS(=O)(=O)c1ccc(Cl)c(C(F)(F)F)c1)N1CCc2ccccc21. The molecule has 12 heteroatoms. The van der Waals surface area contributed by atoms with Gasteiger partial charge in [0.1, 0.15) is 0 Å². The fraction of sp³-hybridized carbons (Fsp3) is 0.143. The van der Waals surface area contributed by atoms with Crippen LogP contribution in [0.5, 0.6) is 0 Å². The average Bonchev–Trinajstić information content (AvgIpc) is 3.16. The molecular formula is C21H14Cl2F3N3O3S. The van der Waals surface area contributed by atoms with Crippen LogP contribution in [0.3, 0.4) is 0 Å². The average molecular weight is 516 g/mol. The number of aromatic nitrogens is 1. The van der Waals surface area contributed by atoms with Crippen molar-refractivity contribution in [3.8, 4) is 0 Å². The number of hydrogen-bond acceptors (Lipinski definition) is 4. The normalized spacial score (nSPS) is 13.7. The zero-order valence-electron chi connectivity index (χ0n) is 16.5. The van der Waals surface area contributed by atoms with Crippen LogP contribution in [-0.4, -0.2) is 25.9 Å². The summed E-state index contributed by atoms with van der Waals surface area (Å²) in [4.78, 5) is 18.0. The van der Waals surface area contributed by atoms with Crippen molar-refractivity contribution in [2.24, 2.45) is 0 Å². The summed E-state index contributed by atoms with van der Waals surface area (Å²) < 4.78 is 67.4. The Labute approximate surface area is 197 Å². The number of amides is 1. The second-order valence-electron chi connectivity index (χ2n) is 7.13. The summed E-state index contributed by atoms with van der Waals surface area (Å²) in [5.74, 6) is -0.582. The lowest BCUT2D eigenvalue weighted by Gasteiger charge is -2.19. The van der Waals surface area contributed by atoms with E-state index in [-0.39, 0.29) is 16.4 Å². The van der Waals surface area contributed by atoms with Gasteiger partial charge in [0.25, 0.3) is 15.9 Å².